The monoisotopic (exact) mass is 167 g/mol. The van der Waals surface area contributed by atoms with E-state index in [9.17, 15) is 9.90 Å². The Kier molecular flexibility index (Phi) is 4.24. The average Bonchev–Trinajstić information content (AvgIpc) is 1.85. The highest BCUT2D eigenvalue weighted by Gasteiger charge is 2.21. The molecule has 0 amide bonds. The predicted molar refractivity (Wildman–Crippen MR) is 45.3 cm³/mol. The molecule has 0 bridgehead atoms. The molecule has 0 heterocycles. The van der Waals surface area contributed by atoms with Gasteiger partial charge in [0.1, 0.15) is 5.78 Å². The van der Waals surface area contributed by atoms with Crippen LogP contribution in [0.15, 0.2) is 12.7 Å². The normalized spacial score (nSPS) is 14.4. The lowest BCUT2D eigenvalue weighted by Crippen LogP contribution is -2.26. The molecule has 3 nitrogen and oxygen atoms in total. The van der Waals surface area contributed by atoms with Gasteiger partial charge in [0.05, 0.1) is 18.1 Å². The Bertz CT molecular complexity index is 213. The SMILES string of the molecule is C=CCC(C)(O)CC(=O)CC#N. The minimum Gasteiger partial charge on any atom is -0.389 e. The largest absolute Gasteiger partial charge is 0.389 e. The minimum atomic E-state index is -1.05. The predicted octanol–water partition coefficient (Wildman–Crippen LogP) is 1.19. The van der Waals surface area contributed by atoms with Crippen LogP contribution in [0.5, 0.6) is 0 Å². The van der Waals surface area contributed by atoms with Crippen LogP contribution in [0, 0.1) is 11.3 Å². The average molecular weight is 167 g/mol. The summed E-state index contributed by atoms with van der Waals surface area (Å²) in [5.74, 6) is -0.232. The van der Waals surface area contributed by atoms with Crippen LogP contribution in [0.4, 0.5) is 0 Å². The van der Waals surface area contributed by atoms with E-state index in [1.807, 2.05) is 0 Å². The third kappa shape index (κ3) is 4.64. The van der Waals surface area contributed by atoms with E-state index in [-0.39, 0.29) is 18.6 Å². The topological polar surface area (TPSA) is 61.1 Å². The van der Waals surface area contributed by atoms with Crippen LogP contribution in [0.3, 0.4) is 0 Å². The van der Waals surface area contributed by atoms with E-state index in [0.717, 1.165) is 0 Å². The highest BCUT2D eigenvalue weighted by atomic mass is 16.3. The van der Waals surface area contributed by atoms with Crippen molar-refractivity contribution in [3.05, 3.63) is 12.7 Å². The molecule has 3 heteroatoms. The van der Waals surface area contributed by atoms with Crippen molar-refractivity contribution in [3.63, 3.8) is 0 Å². The fourth-order valence-corrected chi connectivity index (χ4v) is 0.959. The van der Waals surface area contributed by atoms with Crippen molar-refractivity contribution in [2.45, 2.75) is 31.8 Å². The Labute approximate surface area is 72.3 Å². The van der Waals surface area contributed by atoms with Gasteiger partial charge in [-0.3, -0.25) is 4.79 Å². The lowest BCUT2D eigenvalue weighted by atomic mass is 9.95. The summed E-state index contributed by atoms with van der Waals surface area (Å²) in [6.45, 7) is 5.02. The molecule has 0 aromatic carbocycles. The molecule has 0 aliphatic heterocycles. The van der Waals surface area contributed by atoms with Crippen molar-refractivity contribution < 1.29 is 9.90 Å². The van der Waals surface area contributed by atoms with Crippen LogP contribution in [0.25, 0.3) is 0 Å². The van der Waals surface area contributed by atoms with Crippen LogP contribution in [-0.4, -0.2) is 16.5 Å². The van der Waals surface area contributed by atoms with E-state index in [1.165, 1.54) is 0 Å². The standard InChI is InChI=1S/C9H13NO2/c1-3-5-9(2,12)7-8(11)4-6-10/h3,12H,1,4-5,7H2,2H3. The Morgan fingerprint density at radius 2 is 2.42 bits per heavy atom. The molecule has 1 unspecified atom stereocenters. The molecule has 0 radical (unpaired) electrons. The number of aliphatic hydroxyl groups is 1. The van der Waals surface area contributed by atoms with Crippen molar-refractivity contribution in [3.8, 4) is 6.07 Å². The zero-order chi connectivity index (χ0) is 9.61. The first kappa shape index (κ1) is 10.9. The Hall–Kier alpha value is -1.14. The molecule has 0 saturated carbocycles. The minimum absolute atomic E-state index is 0.0204. The summed E-state index contributed by atoms with van der Waals surface area (Å²) in [7, 11) is 0. The summed E-state index contributed by atoms with van der Waals surface area (Å²) in [4.78, 5) is 10.9. The Balaban J connectivity index is 3.97. The molecule has 0 rings (SSSR count). The van der Waals surface area contributed by atoms with E-state index in [1.54, 1.807) is 19.1 Å². The van der Waals surface area contributed by atoms with Gasteiger partial charge in [-0.15, -0.1) is 6.58 Å². The van der Waals surface area contributed by atoms with Gasteiger partial charge in [-0.2, -0.15) is 5.26 Å². The first-order valence-electron chi connectivity index (χ1n) is 3.74. The molecular weight excluding hydrogens is 154 g/mol. The second-order valence-electron chi connectivity index (χ2n) is 3.04. The smallest absolute Gasteiger partial charge is 0.149 e. The highest BCUT2D eigenvalue weighted by molar-refractivity contribution is 5.81. The zero-order valence-electron chi connectivity index (χ0n) is 7.21. The maximum absolute atomic E-state index is 10.9. The number of Topliss-reactive ketones (excluding diaryl/α,β-unsaturated/α-hetero) is 1. The number of hydrogen-bond donors (Lipinski definition) is 1. The van der Waals surface area contributed by atoms with E-state index >= 15 is 0 Å². The van der Waals surface area contributed by atoms with Crippen LogP contribution < -0.4 is 0 Å². The lowest BCUT2D eigenvalue weighted by Gasteiger charge is -2.19. The molecular formula is C9H13NO2. The van der Waals surface area contributed by atoms with Crippen LogP contribution in [0.1, 0.15) is 26.2 Å². The number of hydrogen-bond acceptors (Lipinski definition) is 3. The molecule has 0 spiro atoms. The zero-order valence-corrected chi connectivity index (χ0v) is 7.21. The Morgan fingerprint density at radius 1 is 1.83 bits per heavy atom. The molecule has 66 valence electrons. The van der Waals surface area contributed by atoms with Gasteiger partial charge in [-0.25, -0.2) is 0 Å². The van der Waals surface area contributed by atoms with E-state index in [4.69, 9.17) is 5.26 Å². The molecule has 0 aliphatic rings. The Morgan fingerprint density at radius 3 is 2.83 bits per heavy atom. The molecule has 0 aromatic heterocycles. The molecule has 12 heavy (non-hydrogen) atoms. The number of carbonyl (C=O) groups excluding carboxylic acids is 1. The molecule has 0 fully saturated rings. The van der Waals surface area contributed by atoms with Gasteiger partial charge >= 0.3 is 0 Å². The first-order chi connectivity index (χ1) is 5.52. The van der Waals surface area contributed by atoms with Gasteiger partial charge in [-0.1, -0.05) is 6.08 Å². The lowest BCUT2D eigenvalue weighted by molar-refractivity contribution is -0.122. The van der Waals surface area contributed by atoms with Crippen molar-refractivity contribution in [2.75, 3.05) is 0 Å². The van der Waals surface area contributed by atoms with E-state index in [2.05, 4.69) is 6.58 Å². The van der Waals surface area contributed by atoms with Gasteiger partial charge in [0.25, 0.3) is 0 Å². The summed E-state index contributed by atoms with van der Waals surface area (Å²) in [6.07, 6.45) is 1.81. The third-order valence-corrected chi connectivity index (χ3v) is 1.44. The number of rotatable bonds is 5. The maximum atomic E-state index is 10.9. The van der Waals surface area contributed by atoms with Gasteiger partial charge in [0.2, 0.25) is 0 Å². The van der Waals surface area contributed by atoms with Crippen LogP contribution >= 0.6 is 0 Å². The molecule has 0 aliphatic carbocycles. The summed E-state index contributed by atoms with van der Waals surface area (Å²) in [5.41, 5.74) is -1.05. The number of ketones is 1. The molecule has 0 aromatic rings. The highest BCUT2D eigenvalue weighted by Crippen LogP contribution is 2.15. The summed E-state index contributed by atoms with van der Waals surface area (Å²) < 4.78 is 0. The van der Waals surface area contributed by atoms with Crippen LogP contribution in [-0.2, 0) is 4.79 Å². The van der Waals surface area contributed by atoms with Crippen molar-refractivity contribution in [1.29, 1.82) is 5.26 Å². The molecule has 0 saturated heterocycles. The fraction of sp³-hybridized carbons (Fsp3) is 0.556. The number of nitriles is 1. The van der Waals surface area contributed by atoms with Crippen molar-refractivity contribution >= 4 is 5.78 Å². The van der Waals surface area contributed by atoms with Gasteiger partial charge in [0, 0.05) is 6.42 Å². The van der Waals surface area contributed by atoms with E-state index in [0.29, 0.717) is 6.42 Å². The second kappa shape index (κ2) is 4.68. The summed E-state index contributed by atoms with van der Waals surface area (Å²) in [6, 6.07) is 1.75. The number of carbonyl (C=O) groups is 1. The van der Waals surface area contributed by atoms with Gasteiger partial charge in [-0.05, 0) is 13.3 Å². The summed E-state index contributed by atoms with van der Waals surface area (Å²) in [5, 5.41) is 17.7. The first-order valence-corrected chi connectivity index (χ1v) is 3.74. The second-order valence-corrected chi connectivity index (χ2v) is 3.04. The molecule has 1 N–H and O–H groups in total. The van der Waals surface area contributed by atoms with Gasteiger partial charge in [0.15, 0.2) is 0 Å². The third-order valence-electron chi connectivity index (χ3n) is 1.44. The maximum Gasteiger partial charge on any atom is 0.149 e. The number of nitrogens with zero attached hydrogens (tertiary/aromatic N) is 1. The van der Waals surface area contributed by atoms with E-state index < -0.39 is 5.60 Å². The van der Waals surface area contributed by atoms with Gasteiger partial charge < -0.3 is 5.11 Å². The summed E-state index contributed by atoms with van der Waals surface area (Å²) >= 11 is 0. The van der Waals surface area contributed by atoms with Crippen molar-refractivity contribution in [2.24, 2.45) is 0 Å². The van der Waals surface area contributed by atoms with Crippen molar-refractivity contribution in [1.82, 2.24) is 0 Å². The quantitative estimate of drug-likeness (QED) is 0.625. The van der Waals surface area contributed by atoms with Crippen LogP contribution in [0.2, 0.25) is 0 Å². The fourth-order valence-electron chi connectivity index (χ4n) is 0.959. The molecule has 1 atom stereocenters.